The Morgan fingerprint density at radius 2 is 1.95 bits per heavy atom. The summed E-state index contributed by atoms with van der Waals surface area (Å²) in [5.74, 6) is 0. The third-order valence-electron chi connectivity index (χ3n) is 3.44. The molecule has 21 heavy (non-hydrogen) atoms. The summed E-state index contributed by atoms with van der Waals surface area (Å²) in [5.41, 5.74) is 3.11. The Balaban J connectivity index is 2.33. The van der Waals surface area contributed by atoms with Crippen LogP contribution in [0.25, 0.3) is 0 Å². The number of hydrogen-bond donors (Lipinski definition) is 0. The maximum absolute atomic E-state index is 10.9. The number of para-hydroxylation sites is 1. The molecule has 5 heteroatoms. The van der Waals surface area contributed by atoms with Gasteiger partial charge in [0.2, 0.25) is 0 Å². The van der Waals surface area contributed by atoms with E-state index in [9.17, 15) is 10.1 Å². The van der Waals surface area contributed by atoms with Gasteiger partial charge in [-0.3, -0.25) is 10.1 Å². The van der Waals surface area contributed by atoms with Crippen LogP contribution in [0, 0.1) is 17.0 Å². The highest BCUT2D eigenvalue weighted by molar-refractivity contribution is 6.31. The fourth-order valence-corrected chi connectivity index (χ4v) is 2.46. The first kappa shape index (κ1) is 15.3. The largest absolute Gasteiger partial charge is 0.367 e. The van der Waals surface area contributed by atoms with Gasteiger partial charge < -0.3 is 4.90 Å². The van der Waals surface area contributed by atoms with Gasteiger partial charge in [0.15, 0.2) is 0 Å². The molecule has 0 aliphatic rings. The van der Waals surface area contributed by atoms with Crippen molar-refractivity contribution < 1.29 is 4.92 Å². The fourth-order valence-electron chi connectivity index (χ4n) is 2.29. The summed E-state index contributed by atoms with van der Waals surface area (Å²) in [6, 6.07) is 12.6. The number of aryl methyl sites for hydroxylation is 1. The molecule has 0 saturated heterocycles. The summed E-state index contributed by atoms with van der Waals surface area (Å²) in [6.07, 6.45) is 0. The van der Waals surface area contributed by atoms with Gasteiger partial charge in [0.25, 0.3) is 5.69 Å². The Bertz CT molecular complexity index is 658. The van der Waals surface area contributed by atoms with Gasteiger partial charge in [-0.15, -0.1) is 0 Å². The van der Waals surface area contributed by atoms with Crippen LogP contribution in [0.2, 0.25) is 5.02 Å². The Morgan fingerprint density at radius 3 is 2.57 bits per heavy atom. The fraction of sp³-hybridized carbons (Fsp3) is 0.250. The lowest BCUT2D eigenvalue weighted by molar-refractivity contribution is -0.384. The number of nitro benzene ring substituents is 1. The minimum Gasteiger partial charge on any atom is -0.367 e. The van der Waals surface area contributed by atoms with E-state index in [4.69, 9.17) is 11.6 Å². The van der Waals surface area contributed by atoms with E-state index in [2.05, 4.69) is 11.8 Å². The minimum absolute atomic E-state index is 0.0650. The lowest BCUT2D eigenvalue weighted by Crippen LogP contribution is -2.23. The quantitative estimate of drug-likeness (QED) is 0.600. The molecule has 0 aromatic heterocycles. The van der Waals surface area contributed by atoms with Gasteiger partial charge >= 0.3 is 0 Å². The summed E-state index contributed by atoms with van der Waals surface area (Å²) < 4.78 is 0. The number of benzene rings is 2. The average Bonchev–Trinajstić information content (AvgIpc) is 2.47. The number of rotatable bonds is 5. The molecule has 0 bridgehead atoms. The van der Waals surface area contributed by atoms with Crippen LogP contribution in [0.5, 0.6) is 0 Å². The normalized spacial score (nSPS) is 10.4. The summed E-state index contributed by atoms with van der Waals surface area (Å²) in [4.78, 5) is 12.6. The Labute approximate surface area is 129 Å². The molecule has 2 aromatic carbocycles. The van der Waals surface area contributed by atoms with Gasteiger partial charge in [0.05, 0.1) is 4.92 Å². The van der Waals surface area contributed by atoms with Crippen LogP contribution >= 0.6 is 11.6 Å². The van der Waals surface area contributed by atoms with Crippen LogP contribution in [-0.2, 0) is 6.54 Å². The zero-order valence-corrected chi connectivity index (χ0v) is 12.8. The van der Waals surface area contributed by atoms with Crippen molar-refractivity contribution in [3.05, 3.63) is 68.7 Å². The van der Waals surface area contributed by atoms with Gasteiger partial charge in [-0.25, -0.2) is 0 Å². The van der Waals surface area contributed by atoms with Crippen LogP contribution in [0.15, 0.2) is 42.5 Å². The van der Waals surface area contributed by atoms with E-state index >= 15 is 0 Å². The predicted octanol–water partition coefficient (Wildman–Crippen LogP) is 4.58. The van der Waals surface area contributed by atoms with E-state index in [1.165, 1.54) is 11.6 Å². The van der Waals surface area contributed by atoms with Crippen molar-refractivity contribution in [2.24, 2.45) is 0 Å². The van der Waals surface area contributed by atoms with E-state index in [1.54, 1.807) is 12.1 Å². The third-order valence-corrected chi connectivity index (χ3v) is 3.81. The zero-order chi connectivity index (χ0) is 15.4. The number of nitro groups is 1. The van der Waals surface area contributed by atoms with Gasteiger partial charge in [-0.2, -0.15) is 0 Å². The summed E-state index contributed by atoms with van der Waals surface area (Å²) >= 11 is 6.18. The number of nitrogens with zero attached hydrogens (tertiary/aromatic N) is 2. The summed E-state index contributed by atoms with van der Waals surface area (Å²) in [6.45, 7) is 5.44. The first-order chi connectivity index (χ1) is 10.0. The van der Waals surface area contributed by atoms with E-state index < -0.39 is 4.92 Å². The molecule has 0 radical (unpaired) electrons. The second-order valence-electron chi connectivity index (χ2n) is 4.83. The minimum atomic E-state index is -0.399. The lowest BCUT2D eigenvalue weighted by atomic mass is 10.1. The van der Waals surface area contributed by atoms with Gasteiger partial charge in [-0.05, 0) is 37.1 Å². The number of anilines is 1. The van der Waals surface area contributed by atoms with Gasteiger partial charge in [0, 0.05) is 35.9 Å². The molecule has 0 heterocycles. The lowest BCUT2D eigenvalue weighted by Gasteiger charge is -2.25. The monoisotopic (exact) mass is 304 g/mol. The Kier molecular flexibility index (Phi) is 4.81. The van der Waals surface area contributed by atoms with Crippen LogP contribution in [-0.4, -0.2) is 11.5 Å². The highest BCUT2D eigenvalue weighted by Gasteiger charge is 2.13. The molecule has 0 aliphatic carbocycles. The van der Waals surface area contributed by atoms with E-state index in [-0.39, 0.29) is 5.69 Å². The van der Waals surface area contributed by atoms with Crippen LogP contribution in [0.1, 0.15) is 18.1 Å². The van der Waals surface area contributed by atoms with Crippen molar-refractivity contribution in [3.8, 4) is 0 Å². The van der Waals surface area contributed by atoms with Crippen LogP contribution in [0.4, 0.5) is 11.4 Å². The third kappa shape index (κ3) is 3.52. The molecule has 0 aliphatic heterocycles. The number of hydrogen-bond acceptors (Lipinski definition) is 3. The molecular formula is C16H17ClN2O2. The zero-order valence-electron chi connectivity index (χ0n) is 12.0. The van der Waals surface area contributed by atoms with Crippen LogP contribution in [0.3, 0.4) is 0 Å². The van der Waals surface area contributed by atoms with Crippen LogP contribution < -0.4 is 4.90 Å². The second kappa shape index (κ2) is 6.59. The SMILES string of the molecule is CCN(Cc1cc([N+](=O)[O-])ccc1Cl)c1ccccc1C. The van der Waals surface area contributed by atoms with Crippen molar-refractivity contribution in [2.45, 2.75) is 20.4 Å². The van der Waals surface area contributed by atoms with E-state index in [1.807, 2.05) is 31.2 Å². The molecule has 0 unspecified atom stereocenters. The van der Waals surface area contributed by atoms with Crippen molar-refractivity contribution in [1.82, 2.24) is 0 Å². The standard InChI is InChI=1S/C16H17ClN2O2/c1-3-18(16-7-5-4-6-12(16)2)11-13-10-14(19(20)21)8-9-15(13)17/h4-10H,3,11H2,1-2H3. The molecular weight excluding hydrogens is 288 g/mol. The molecule has 2 aromatic rings. The van der Waals surface area contributed by atoms with Crippen molar-refractivity contribution in [2.75, 3.05) is 11.4 Å². The average molecular weight is 305 g/mol. The molecule has 0 atom stereocenters. The molecule has 0 spiro atoms. The first-order valence-electron chi connectivity index (χ1n) is 6.76. The smallest absolute Gasteiger partial charge is 0.269 e. The molecule has 2 rings (SSSR count). The molecule has 0 saturated carbocycles. The number of non-ortho nitro benzene ring substituents is 1. The van der Waals surface area contributed by atoms with Crippen molar-refractivity contribution in [1.29, 1.82) is 0 Å². The van der Waals surface area contributed by atoms with Crippen molar-refractivity contribution >= 4 is 23.0 Å². The second-order valence-corrected chi connectivity index (χ2v) is 5.24. The van der Waals surface area contributed by atoms with Crippen molar-refractivity contribution in [3.63, 3.8) is 0 Å². The predicted molar refractivity (Wildman–Crippen MR) is 86.0 cm³/mol. The maximum atomic E-state index is 10.9. The molecule has 4 nitrogen and oxygen atoms in total. The summed E-state index contributed by atoms with van der Waals surface area (Å²) in [5, 5.41) is 11.4. The molecule has 110 valence electrons. The first-order valence-corrected chi connectivity index (χ1v) is 7.14. The number of halogens is 1. The highest BCUT2D eigenvalue weighted by Crippen LogP contribution is 2.27. The van der Waals surface area contributed by atoms with Gasteiger partial charge in [0.1, 0.15) is 0 Å². The molecule has 0 amide bonds. The Hall–Kier alpha value is -2.07. The van der Waals surface area contributed by atoms with E-state index in [0.29, 0.717) is 11.6 Å². The maximum Gasteiger partial charge on any atom is 0.269 e. The Morgan fingerprint density at radius 1 is 1.24 bits per heavy atom. The molecule has 0 fully saturated rings. The van der Waals surface area contributed by atoms with E-state index in [0.717, 1.165) is 17.8 Å². The van der Waals surface area contributed by atoms with Gasteiger partial charge in [-0.1, -0.05) is 29.8 Å². The topological polar surface area (TPSA) is 46.4 Å². The summed E-state index contributed by atoms with van der Waals surface area (Å²) in [7, 11) is 0. The molecule has 0 N–H and O–H groups in total. The highest BCUT2D eigenvalue weighted by atomic mass is 35.5.